The number of nitrogens with zero attached hydrogens (tertiary/aromatic N) is 2. The normalized spacial score (nSPS) is 11.0. The van der Waals surface area contributed by atoms with E-state index in [1.54, 1.807) is 17.9 Å². The molecule has 0 spiro atoms. The van der Waals surface area contributed by atoms with Gasteiger partial charge in [-0.15, -0.1) is 0 Å². The minimum Gasteiger partial charge on any atom is -0.454 e. The second kappa shape index (κ2) is 3.84. The molecule has 0 saturated carbocycles. The predicted octanol–water partition coefficient (Wildman–Crippen LogP) is 2.95. The Morgan fingerprint density at radius 3 is 2.94 bits per heavy atom. The Labute approximate surface area is 104 Å². The van der Waals surface area contributed by atoms with Gasteiger partial charge in [-0.05, 0) is 24.6 Å². The number of aryl methyl sites for hydroxylation is 2. The number of furan rings is 1. The molecule has 0 atom stereocenters. The van der Waals surface area contributed by atoms with E-state index in [0.29, 0.717) is 17.0 Å². The lowest BCUT2D eigenvalue weighted by atomic mass is 10.2. The molecule has 0 unspecified atom stereocenters. The van der Waals surface area contributed by atoms with Crippen LogP contribution in [0.15, 0.2) is 34.9 Å². The van der Waals surface area contributed by atoms with Crippen LogP contribution in [0.2, 0.25) is 0 Å². The van der Waals surface area contributed by atoms with E-state index in [1.165, 1.54) is 0 Å². The van der Waals surface area contributed by atoms with E-state index in [2.05, 4.69) is 5.10 Å². The number of aldehydes is 1. The summed E-state index contributed by atoms with van der Waals surface area (Å²) < 4.78 is 7.36. The van der Waals surface area contributed by atoms with Crippen molar-refractivity contribution in [3.63, 3.8) is 0 Å². The zero-order valence-electron chi connectivity index (χ0n) is 10.2. The number of hydrogen-bond acceptors (Lipinski definition) is 3. The molecule has 0 fully saturated rings. The summed E-state index contributed by atoms with van der Waals surface area (Å²) in [5.41, 5.74) is 3.07. The first-order chi connectivity index (χ1) is 8.67. The molecule has 0 radical (unpaired) electrons. The second-order valence-electron chi connectivity index (χ2n) is 4.38. The maximum absolute atomic E-state index is 11.0. The lowest BCUT2D eigenvalue weighted by Crippen LogP contribution is -1.86. The van der Waals surface area contributed by atoms with Gasteiger partial charge >= 0.3 is 0 Å². The minimum atomic E-state index is 0.535. The average Bonchev–Trinajstić information content (AvgIpc) is 2.91. The van der Waals surface area contributed by atoms with Crippen molar-refractivity contribution >= 4 is 17.3 Å². The molecule has 4 nitrogen and oxygen atoms in total. The molecule has 1 aromatic carbocycles. The van der Waals surface area contributed by atoms with Gasteiger partial charge in [-0.25, -0.2) is 0 Å². The summed E-state index contributed by atoms with van der Waals surface area (Å²) in [4.78, 5) is 11.0. The van der Waals surface area contributed by atoms with Crippen LogP contribution in [-0.2, 0) is 7.05 Å². The van der Waals surface area contributed by atoms with Crippen LogP contribution >= 0.6 is 0 Å². The Bertz CT molecular complexity index is 737. The van der Waals surface area contributed by atoms with Crippen LogP contribution in [0.1, 0.15) is 15.9 Å². The maximum atomic E-state index is 11.0. The third-order valence-corrected chi connectivity index (χ3v) is 2.89. The van der Waals surface area contributed by atoms with Crippen LogP contribution in [0.3, 0.4) is 0 Å². The van der Waals surface area contributed by atoms with Gasteiger partial charge < -0.3 is 4.42 Å². The summed E-state index contributed by atoms with van der Waals surface area (Å²) in [6, 6.07) is 7.91. The molecule has 0 aliphatic heterocycles. The van der Waals surface area contributed by atoms with E-state index in [-0.39, 0.29) is 0 Å². The molecule has 2 aromatic heterocycles. The zero-order valence-corrected chi connectivity index (χ0v) is 10.2. The Kier molecular flexibility index (Phi) is 2.30. The van der Waals surface area contributed by atoms with Crippen molar-refractivity contribution in [3.8, 4) is 11.5 Å². The lowest BCUT2D eigenvalue weighted by molar-refractivity contribution is 0.112. The van der Waals surface area contributed by atoms with Crippen LogP contribution in [0.25, 0.3) is 22.4 Å². The van der Waals surface area contributed by atoms with Gasteiger partial charge in [-0.2, -0.15) is 5.10 Å². The van der Waals surface area contributed by atoms with Crippen molar-refractivity contribution < 1.29 is 9.21 Å². The molecule has 3 rings (SSSR count). The number of hydrogen-bond donors (Lipinski definition) is 0. The molecule has 3 aromatic rings. The third kappa shape index (κ3) is 1.62. The van der Waals surface area contributed by atoms with Gasteiger partial charge in [0.15, 0.2) is 12.0 Å². The van der Waals surface area contributed by atoms with E-state index in [0.717, 1.165) is 22.8 Å². The summed E-state index contributed by atoms with van der Waals surface area (Å²) in [7, 11) is 1.78. The molecule has 0 saturated heterocycles. The first kappa shape index (κ1) is 10.8. The molecule has 4 heteroatoms. The van der Waals surface area contributed by atoms with Crippen LogP contribution < -0.4 is 0 Å². The summed E-state index contributed by atoms with van der Waals surface area (Å²) in [5.74, 6) is 0.623. The number of benzene rings is 1. The number of aromatic nitrogens is 2. The molecule has 0 amide bonds. The molecule has 0 bridgehead atoms. The maximum Gasteiger partial charge on any atom is 0.156 e. The molecular weight excluding hydrogens is 228 g/mol. The smallest absolute Gasteiger partial charge is 0.156 e. The molecule has 0 aliphatic rings. The first-order valence-corrected chi connectivity index (χ1v) is 5.67. The Hall–Kier alpha value is -2.36. The molecule has 0 N–H and O–H groups in total. The van der Waals surface area contributed by atoms with Gasteiger partial charge in [0.2, 0.25) is 0 Å². The Morgan fingerprint density at radius 1 is 1.33 bits per heavy atom. The van der Waals surface area contributed by atoms with E-state index < -0.39 is 0 Å². The van der Waals surface area contributed by atoms with Crippen molar-refractivity contribution in [2.24, 2.45) is 7.05 Å². The SMILES string of the molecule is Cc1ccc2cc(-c3nn(C)cc3C=O)oc2c1. The number of rotatable bonds is 2. The highest BCUT2D eigenvalue weighted by atomic mass is 16.3. The van der Waals surface area contributed by atoms with E-state index >= 15 is 0 Å². The van der Waals surface area contributed by atoms with Gasteiger partial charge in [-0.3, -0.25) is 9.48 Å². The van der Waals surface area contributed by atoms with Gasteiger partial charge in [-0.1, -0.05) is 12.1 Å². The van der Waals surface area contributed by atoms with Crippen molar-refractivity contribution in [2.75, 3.05) is 0 Å². The monoisotopic (exact) mass is 240 g/mol. The highest BCUT2D eigenvalue weighted by molar-refractivity contribution is 5.88. The number of carbonyl (C=O) groups excluding carboxylic acids is 1. The molecular formula is C14H12N2O2. The van der Waals surface area contributed by atoms with Gasteiger partial charge in [0.1, 0.15) is 11.3 Å². The highest BCUT2D eigenvalue weighted by Crippen LogP contribution is 2.28. The second-order valence-corrected chi connectivity index (χ2v) is 4.38. The fourth-order valence-electron chi connectivity index (χ4n) is 2.04. The summed E-state index contributed by atoms with van der Waals surface area (Å²) in [6.45, 7) is 2.01. The molecule has 2 heterocycles. The third-order valence-electron chi connectivity index (χ3n) is 2.89. The topological polar surface area (TPSA) is 48.0 Å². The molecule has 18 heavy (non-hydrogen) atoms. The summed E-state index contributed by atoms with van der Waals surface area (Å²) >= 11 is 0. The molecule has 90 valence electrons. The van der Waals surface area contributed by atoms with Gasteiger partial charge in [0.25, 0.3) is 0 Å². The Balaban J connectivity index is 2.21. The van der Waals surface area contributed by atoms with Crippen LogP contribution in [0.4, 0.5) is 0 Å². The van der Waals surface area contributed by atoms with E-state index in [9.17, 15) is 4.79 Å². The van der Waals surface area contributed by atoms with Crippen molar-refractivity contribution in [2.45, 2.75) is 6.92 Å². The fraction of sp³-hybridized carbons (Fsp3) is 0.143. The zero-order chi connectivity index (χ0) is 12.7. The van der Waals surface area contributed by atoms with E-state index in [1.807, 2.05) is 31.2 Å². The van der Waals surface area contributed by atoms with Crippen LogP contribution in [0.5, 0.6) is 0 Å². The van der Waals surface area contributed by atoms with Crippen molar-refractivity contribution in [1.29, 1.82) is 0 Å². The average molecular weight is 240 g/mol. The number of fused-ring (bicyclic) bond motifs is 1. The Morgan fingerprint density at radius 2 is 2.17 bits per heavy atom. The van der Waals surface area contributed by atoms with Crippen LogP contribution in [0, 0.1) is 6.92 Å². The van der Waals surface area contributed by atoms with Crippen LogP contribution in [-0.4, -0.2) is 16.1 Å². The summed E-state index contributed by atoms with van der Waals surface area (Å²) in [6.07, 6.45) is 2.47. The summed E-state index contributed by atoms with van der Waals surface area (Å²) in [5, 5.41) is 5.27. The lowest BCUT2D eigenvalue weighted by Gasteiger charge is -1.91. The number of carbonyl (C=O) groups is 1. The standard InChI is InChI=1S/C14H12N2O2/c1-9-3-4-10-6-13(18-12(10)5-9)14-11(8-17)7-16(2)15-14/h3-8H,1-2H3. The predicted molar refractivity (Wildman–Crippen MR) is 68.5 cm³/mol. The minimum absolute atomic E-state index is 0.535. The van der Waals surface area contributed by atoms with Crippen molar-refractivity contribution in [1.82, 2.24) is 9.78 Å². The quantitative estimate of drug-likeness (QED) is 0.647. The largest absolute Gasteiger partial charge is 0.454 e. The van der Waals surface area contributed by atoms with Gasteiger partial charge in [0.05, 0.1) is 5.56 Å². The fourth-order valence-corrected chi connectivity index (χ4v) is 2.04. The highest BCUT2D eigenvalue weighted by Gasteiger charge is 2.14. The van der Waals surface area contributed by atoms with Gasteiger partial charge in [0, 0.05) is 18.6 Å². The molecule has 0 aliphatic carbocycles. The van der Waals surface area contributed by atoms with Crippen molar-refractivity contribution in [3.05, 3.63) is 41.6 Å². The first-order valence-electron chi connectivity index (χ1n) is 5.67. The van der Waals surface area contributed by atoms with E-state index in [4.69, 9.17) is 4.42 Å².